The lowest BCUT2D eigenvalue weighted by molar-refractivity contribution is -0.124. The normalized spacial score (nSPS) is 24.1. The van der Waals surface area contributed by atoms with Crippen LogP contribution in [-0.4, -0.2) is 25.5 Å². The van der Waals surface area contributed by atoms with Gasteiger partial charge in [-0.3, -0.25) is 4.79 Å². The zero-order valence-corrected chi connectivity index (χ0v) is 13.1. The van der Waals surface area contributed by atoms with Gasteiger partial charge in [-0.05, 0) is 43.5 Å². The summed E-state index contributed by atoms with van der Waals surface area (Å²) in [4.78, 5) is 12.3. The van der Waals surface area contributed by atoms with E-state index in [2.05, 4.69) is 22.8 Å². The Morgan fingerprint density at radius 3 is 2.86 bits per heavy atom. The molecule has 2 fully saturated rings. The van der Waals surface area contributed by atoms with Gasteiger partial charge in [0.25, 0.3) is 0 Å². The minimum Gasteiger partial charge on any atom is -0.355 e. The minimum atomic E-state index is 0.0760. The van der Waals surface area contributed by atoms with Gasteiger partial charge in [-0.25, -0.2) is 0 Å². The van der Waals surface area contributed by atoms with Crippen molar-refractivity contribution >= 4 is 17.5 Å². The number of amides is 1. The molecule has 4 heteroatoms. The van der Waals surface area contributed by atoms with Gasteiger partial charge in [-0.15, -0.1) is 0 Å². The third-order valence-corrected chi connectivity index (χ3v) is 5.26. The molecule has 1 unspecified atom stereocenters. The van der Waals surface area contributed by atoms with E-state index in [1.54, 1.807) is 0 Å². The molecule has 1 aromatic rings. The molecule has 0 bridgehead atoms. The molecule has 2 aliphatic rings. The SMILES string of the molecule is O=C(NCC1(c2cccc(Cl)c2)CCCC1)C1CCNC1. The maximum absolute atomic E-state index is 12.3. The van der Waals surface area contributed by atoms with Gasteiger partial charge in [-0.1, -0.05) is 36.6 Å². The number of benzene rings is 1. The van der Waals surface area contributed by atoms with Crippen LogP contribution in [0.3, 0.4) is 0 Å². The standard InChI is InChI=1S/C17H23ClN2O/c18-15-5-3-4-14(10-15)17(7-1-2-8-17)12-20-16(21)13-6-9-19-11-13/h3-5,10,13,19H,1-2,6-9,11-12H2,(H,20,21). The highest BCUT2D eigenvalue weighted by Gasteiger charge is 2.36. The Labute approximate surface area is 131 Å². The number of hydrogen-bond donors (Lipinski definition) is 2. The van der Waals surface area contributed by atoms with E-state index in [9.17, 15) is 4.79 Å². The summed E-state index contributed by atoms with van der Waals surface area (Å²) >= 11 is 6.16. The van der Waals surface area contributed by atoms with E-state index < -0.39 is 0 Å². The Morgan fingerprint density at radius 1 is 1.38 bits per heavy atom. The molecule has 3 rings (SSSR count). The van der Waals surface area contributed by atoms with Crippen LogP contribution in [0.5, 0.6) is 0 Å². The van der Waals surface area contributed by atoms with Gasteiger partial charge in [-0.2, -0.15) is 0 Å². The number of carbonyl (C=O) groups is 1. The van der Waals surface area contributed by atoms with Crippen LogP contribution in [0.25, 0.3) is 0 Å². The second-order valence-corrected chi connectivity index (χ2v) is 6.84. The predicted molar refractivity (Wildman–Crippen MR) is 85.6 cm³/mol. The predicted octanol–water partition coefficient (Wildman–Crippen LogP) is 2.88. The maximum atomic E-state index is 12.3. The van der Waals surface area contributed by atoms with E-state index in [1.807, 2.05) is 12.1 Å². The van der Waals surface area contributed by atoms with Crippen molar-refractivity contribution in [2.45, 2.75) is 37.5 Å². The van der Waals surface area contributed by atoms with E-state index in [0.29, 0.717) is 0 Å². The monoisotopic (exact) mass is 306 g/mol. The molecule has 1 amide bonds. The van der Waals surface area contributed by atoms with Crippen LogP contribution in [0, 0.1) is 5.92 Å². The molecule has 1 atom stereocenters. The van der Waals surface area contributed by atoms with Crippen molar-refractivity contribution < 1.29 is 4.79 Å². The van der Waals surface area contributed by atoms with Crippen molar-refractivity contribution in [3.8, 4) is 0 Å². The Kier molecular flexibility index (Phi) is 4.51. The molecule has 21 heavy (non-hydrogen) atoms. The molecule has 1 aliphatic heterocycles. The zero-order valence-electron chi connectivity index (χ0n) is 12.3. The first kappa shape index (κ1) is 14.9. The Balaban J connectivity index is 1.71. The number of nitrogens with one attached hydrogen (secondary N) is 2. The van der Waals surface area contributed by atoms with Crippen molar-refractivity contribution in [2.24, 2.45) is 5.92 Å². The van der Waals surface area contributed by atoms with Gasteiger partial charge in [0.2, 0.25) is 5.91 Å². The second kappa shape index (κ2) is 6.37. The number of halogens is 1. The Bertz CT molecular complexity index is 505. The molecule has 3 nitrogen and oxygen atoms in total. The Hall–Kier alpha value is -1.06. The van der Waals surface area contributed by atoms with E-state index in [4.69, 9.17) is 11.6 Å². The summed E-state index contributed by atoms with van der Waals surface area (Å²) in [7, 11) is 0. The largest absolute Gasteiger partial charge is 0.355 e. The van der Waals surface area contributed by atoms with Gasteiger partial charge in [0.05, 0.1) is 5.92 Å². The average Bonchev–Trinajstić information content (AvgIpc) is 3.17. The summed E-state index contributed by atoms with van der Waals surface area (Å²) in [5.74, 6) is 0.344. The Morgan fingerprint density at radius 2 is 2.19 bits per heavy atom. The highest BCUT2D eigenvalue weighted by atomic mass is 35.5. The summed E-state index contributed by atoms with van der Waals surface area (Å²) in [6.07, 6.45) is 5.68. The second-order valence-electron chi connectivity index (χ2n) is 6.41. The van der Waals surface area contributed by atoms with Crippen molar-refractivity contribution in [3.63, 3.8) is 0 Å². The van der Waals surface area contributed by atoms with Crippen LogP contribution in [0.4, 0.5) is 0 Å². The zero-order chi connectivity index (χ0) is 14.7. The first-order valence-corrected chi connectivity index (χ1v) is 8.32. The molecule has 1 aromatic carbocycles. The van der Waals surface area contributed by atoms with Crippen molar-refractivity contribution in [2.75, 3.05) is 19.6 Å². The third-order valence-electron chi connectivity index (χ3n) is 5.03. The molecule has 0 radical (unpaired) electrons. The fourth-order valence-corrected chi connectivity index (χ4v) is 3.91. The topological polar surface area (TPSA) is 41.1 Å². The summed E-state index contributed by atoms with van der Waals surface area (Å²) in [6, 6.07) is 8.15. The fourth-order valence-electron chi connectivity index (χ4n) is 3.72. The molecule has 0 aromatic heterocycles. The highest BCUT2D eigenvalue weighted by molar-refractivity contribution is 6.30. The molecule has 1 aliphatic carbocycles. The molecule has 114 valence electrons. The average molecular weight is 307 g/mol. The van der Waals surface area contributed by atoms with Crippen molar-refractivity contribution in [1.82, 2.24) is 10.6 Å². The highest BCUT2D eigenvalue weighted by Crippen LogP contribution is 2.41. The summed E-state index contributed by atoms with van der Waals surface area (Å²) in [6.45, 7) is 2.51. The van der Waals surface area contributed by atoms with Crippen LogP contribution in [0.2, 0.25) is 5.02 Å². The van der Waals surface area contributed by atoms with Gasteiger partial charge in [0.15, 0.2) is 0 Å². The molecular weight excluding hydrogens is 284 g/mol. The van der Waals surface area contributed by atoms with Crippen LogP contribution in [0.15, 0.2) is 24.3 Å². The van der Waals surface area contributed by atoms with Crippen LogP contribution in [0.1, 0.15) is 37.7 Å². The van der Waals surface area contributed by atoms with Crippen LogP contribution in [-0.2, 0) is 10.2 Å². The molecular formula is C17H23ClN2O. The van der Waals surface area contributed by atoms with E-state index in [1.165, 1.54) is 18.4 Å². The van der Waals surface area contributed by atoms with E-state index in [-0.39, 0.29) is 17.2 Å². The van der Waals surface area contributed by atoms with Crippen LogP contribution < -0.4 is 10.6 Å². The number of hydrogen-bond acceptors (Lipinski definition) is 2. The molecule has 1 saturated heterocycles. The summed E-state index contributed by atoms with van der Waals surface area (Å²) in [5, 5.41) is 7.24. The first-order valence-electron chi connectivity index (χ1n) is 7.94. The van der Waals surface area contributed by atoms with Gasteiger partial charge in [0, 0.05) is 23.5 Å². The lowest BCUT2D eigenvalue weighted by Gasteiger charge is -2.30. The van der Waals surface area contributed by atoms with Gasteiger partial charge >= 0.3 is 0 Å². The quantitative estimate of drug-likeness (QED) is 0.898. The van der Waals surface area contributed by atoms with Gasteiger partial charge in [0.1, 0.15) is 0 Å². The van der Waals surface area contributed by atoms with Crippen molar-refractivity contribution in [1.29, 1.82) is 0 Å². The summed E-state index contributed by atoms with van der Waals surface area (Å²) < 4.78 is 0. The lowest BCUT2D eigenvalue weighted by atomic mass is 9.78. The smallest absolute Gasteiger partial charge is 0.224 e. The molecule has 1 saturated carbocycles. The third kappa shape index (κ3) is 3.24. The first-order chi connectivity index (χ1) is 10.2. The summed E-state index contributed by atoms with van der Waals surface area (Å²) in [5.41, 5.74) is 1.35. The maximum Gasteiger partial charge on any atom is 0.224 e. The molecule has 2 N–H and O–H groups in total. The number of rotatable bonds is 4. The molecule has 0 spiro atoms. The molecule has 1 heterocycles. The van der Waals surface area contributed by atoms with Crippen molar-refractivity contribution in [3.05, 3.63) is 34.9 Å². The fraction of sp³-hybridized carbons (Fsp3) is 0.588. The number of carbonyl (C=O) groups excluding carboxylic acids is 1. The lowest BCUT2D eigenvalue weighted by Crippen LogP contribution is -2.42. The minimum absolute atomic E-state index is 0.0760. The van der Waals surface area contributed by atoms with Gasteiger partial charge < -0.3 is 10.6 Å². The van der Waals surface area contributed by atoms with Crippen LogP contribution >= 0.6 is 11.6 Å². The van der Waals surface area contributed by atoms with E-state index in [0.717, 1.165) is 43.9 Å². The van der Waals surface area contributed by atoms with E-state index >= 15 is 0 Å².